The van der Waals surface area contributed by atoms with Crippen LogP contribution in [0, 0.1) is 0 Å². The number of fused-ring (bicyclic) bond motifs is 2. The van der Waals surface area contributed by atoms with Gasteiger partial charge in [-0.2, -0.15) is 0 Å². The molecule has 0 amide bonds. The van der Waals surface area contributed by atoms with E-state index in [9.17, 15) is 8.42 Å². The zero-order valence-electron chi connectivity index (χ0n) is 6.99. The molecule has 2 bridgehead atoms. The standard InChI is InChI=1S/C7H11Br2NO2S/c8-6-3-5-1-2-10(4-7(6)9)13(5,11)12/h5-7H,1-4H2/t5-,6+,7-/m0/s1. The van der Waals surface area contributed by atoms with E-state index in [0.717, 1.165) is 12.8 Å². The van der Waals surface area contributed by atoms with E-state index in [-0.39, 0.29) is 14.9 Å². The molecule has 0 radical (unpaired) electrons. The van der Waals surface area contributed by atoms with Crippen molar-refractivity contribution in [2.45, 2.75) is 27.7 Å². The molecule has 2 saturated heterocycles. The summed E-state index contributed by atoms with van der Waals surface area (Å²) in [5, 5.41) is -0.153. The predicted octanol–water partition coefficient (Wildman–Crippen LogP) is 1.32. The molecule has 0 aromatic heterocycles. The van der Waals surface area contributed by atoms with Crippen LogP contribution in [-0.4, -0.2) is 40.7 Å². The van der Waals surface area contributed by atoms with Crippen LogP contribution >= 0.6 is 31.9 Å². The molecule has 1 unspecified atom stereocenters. The lowest BCUT2D eigenvalue weighted by atomic mass is 10.1. The number of hydrogen-bond acceptors (Lipinski definition) is 2. The Morgan fingerprint density at radius 3 is 2.62 bits per heavy atom. The van der Waals surface area contributed by atoms with E-state index in [0.29, 0.717) is 13.1 Å². The molecule has 0 aromatic rings. The van der Waals surface area contributed by atoms with Crippen LogP contribution in [0.2, 0.25) is 0 Å². The van der Waals surface area contributed by atoms with Crippen molar-refractivity contribution in [3.05, 3.63) is 0 Å². The number of halogens is 2. The summed E-state index contributed by atoms with van der Waals surface area (Å²) in [5.41, 5.74) is 0. The number of sulfonamides is 1. The summed E-state index contributed by atoms with van der Waals surface area (Å²) >= 11 is 7.02. The molecule has 0 aliphatic carbocycles. The second-order valence-electron chi connectivity index (χ2n) is 3.58. The van der Waals surface area contributed by atoms with Crippen molar-refractivity contribution in [1.29, 1.82) is 0 Å². The van der Waals surface area contributed by atoms with Gasteiger partial charge in [-0.15, -0.1) is 0 Å². The zero-order valence-corrected chi connectivity index (χ0v) is 11.0. The van der Waals surface area contributed by atoms with Crippen molar-refractivity contribution in [3.63, 3.8) is 0 Å². The fraction of sp³-hybridized carbons (Fsp3) is 1.00. The van der Waals surface area contributed by atoms with E-state index < -0.39 is 10.0 Å². The highest BCUT2D eigenvalue weighted by Crippen LogP contribution is 2.35. The minimum absolute atomic E-state index is 0.153. The molecule has 0 saturated carbocycles. The second kappa shape index (κ2) is 3.47. The molecule has 4 atom stereocenters. The van der Waals surface area contributed by atoms with Crippen molar-refractivity contribution >= 4 is 41.9 Å². The molecule has 2 rings (SSSR count). The van der Waals surface area contributed by atoms with Crippen molar-refractivity contribution < 1.29 is 8.42 Å². The van der Waals surface area contributed by atoms with Crippen LogP contribution in [-0.2, 0) is 10.0 Å². The molecule has 2 fully saturated rings. The Hall–Kier alpha value is 0.870. The minimum atomic E-state index is -2.96. The normalized spacial score (nSPS) is 48.8. The van der Waals surface area contributed by atoms with E-state index in [1.54, 1.807) is 4.31 Å². The maximum absolute atomic E-state index is 11.8. The minimum Gasteiger partial charge on any atom is -0.212 e. The van der Waals surface area contributed by atoms with E-state index in [1.165, 1.54) is 0 Å². The van der Waals surface area contributed by atoms with Crippen molar-refractivity contribution in [3.8, 4) is 0 Å². The smallest absolute Gasteiger partial charge is 0.212 e. The highest BCUT2D eigenvalue weighted by molar-refractivity contribution is 9.12. The van der Waals surface area contributed by atoms with Crippen molar-refractivity contribution in [1.82, 2.24) is 4.31 Å². The first-order valence-corrected chi connectivity index (χ1v) is 7.62. The summed E-state index contributed by atoms with van der Waals surface area (Å²) in [6.07, 6.45) is 1.53. The average molecular weight is 333 g/mol. The molecular formula is C7H11Br2NO2S. The second-order valence-corrected chi connectivity index (χ2v) is 8.15. The number of rotatable bonds is 0. The Balaban J connectivity index is 2.31. The van der Waals surface area contributed by atoms with Crippen molar-refractivity contribution in [2.75, 3.05) is 13.1 Å². The van der Waals surface area contributed by atoms with Gasteiger partial charge in [-0.25, -0.2) is 12.7 Å². The van der Waals surface area contributed by atoms with E-state index in [2.05, 4.69) is 31.9 Å². The highest BCUT2D eigenvalue weighted by Gasteiger charge is 2.44. The van der Waals surface area contributed by atoms with Crippen LogP contribution in [0.5, 0.6) is 0 Å². The maximum Gasteiger partial charge on any atom is 0.217 e. The molecule has 2 aliphatic rings. The number of alkyl halides is 2. The molecule has 2 heterocycles. The largest absolute Gasteiger partial charge is 0.217 e. The van der Waals surface area contributed by atoms with E-state index in [4.69, 9.17) is 0 Å². The first-order valence-electron chi connectivity index (χ1n) is 4.29. The van der Waals surface area contributed by atoms with Gasteiger partial charge in [0.05, 0.1) is 5.25 Å². The lowest BCUT2D eigenvalue weighted by molar-refractivity contribution is 0.435. The van der Waals surface area contributed by atoms with Gasteiger partial charge in [0, 0.05) is 22.7 Å². The Morgan fingerprint density at radius 1 is 1.23 bits per heavy atom. The number of nitrogens with zero attached hydrogens (tertiary/aromatic N) is 1. The van der Waals surface area contributed by atoms with E-state index in [1.807, 2.05) is 0 Å². The Kier molecular flexibility index (Phi) is 2.77. The van der Waals surface area contributed by atoms with E-state index >= 15 is 0 Å². The van der Waals surface area contributed by atoms with Gasteiger partial charge in [0.2, 0.25) is 10.0 Å². The third-order valence-corrected chi connectivity index (χ3v) is 7.71. The van der Waals surface area contributed by atoms with Crippen LogP contribution in [0.1, 0.15) is 12.8 Å². The van der Waals surface area contributed by atoms with Crippen LogP contribution < -0.4 is 0 Å². The zero-order chi connectivity index (χ0) is 9.64. The summed E-state index contributed by atoms with van der Waals surface area (Å²) in [6, 6.07) is 0. The van der Waals surface area contributed by atoms with Crippen LogP contribution in [0.15, 0.2) is 0 Å². The lowest BCUT2D eigenvalue weighted by Gasteiger charge is -2.18. The monoisotopic (exact) mass is 331 g/mol. The third-order valence-electron chi connectivity index (χ3n) is 2.74. The Morgan fingerprint density at radius 2 is 1.92 bits per heavy atom. The van der Waals surface area contributed by atoms with Gasteiger partial charge in [0.1, 0.15) is 0 Å². The first kappa shape index (κ1) is 10.4. The molecule has 3 nitrogen and oxygen atoms in total. The Bertz CT molecular complexity index is 282. The maximum atomic E-state index is 11.8. The molecule has 0 N–H and O–H groups in total. The Labute approximate surface area is 95.2 Å². The molecule has 0 aromatic carbocycles. The summed E-state index contributed by atoms with van der Waals surface area (Å²) < 4.78 is 25.2. The molecule has 6 heteroatoms. The lowest BCUT2D eigenvalue weighted by Crippen LogP contribution is -2.32. The first-order chi connectivity index (χ1) is 6.01. The van der Waals surface area contributed by atoms with Gasteiger partial charge in [-0.1, -0.05) is 31.9 Å². The SMILES string of the molecule is O=S1(=O)[C@H]2CCN1C[C@H](Br)[C@H](Br)C2. The topological polar surface area (TPSA) is 37.4 Å². The fourth-order valence-electron chi connectivity index (χ4n) is 1.92. The fourth-order valence-corrected chi connectivity index (χ4v) is 5.54. The predicted molar refractivity (Wildman–Crippen MR) is 58.9 cm³/mol. The summed E-state index contributed by atoms with van der Waals surface area (Å²) in [4.78, 5) is 0.519. The third kappa shape index (κ3) is 1.70. The van der Waals surface area contributed by atoms with Gasteiger partial charge in [-0.3, -0.25) is 0 Å². The molecule has 13 heavy (non-hydrogen) atoms. The van der Waals surface area contributed by atoms with Gasteiger partial charge >= 0.3 is 0 Å². The number of hydrogen-bond donors (Lipinski definition) is 0. The molecule has 2 aliphatic heterocycles. The summed E-state index contributed by atoms with van der Waals surface area (Å²) in [7, 11) is -2.96. The summed E-state index contributed by atoms with van der Waals surface area (Å²) in [5.74, 6) is 0. The van der Waals surface area contributed by atoms with Gasteiger partial charge in [0.15, 0.2) is 0 Å². The van der Waals surface area contributed by atoms with Gasteiger partial charge in [-0.05, 0) is 12.8 Å². The summed E-state index contributed by atoms with van der Waals surface area (Å²) in [6.45, 7) is 1.31. The quantitative estimate of drug-likeness (QED) is 0.627. The highest BCUT2D eigenvalue weighted by atomic mass is 79.9. The van der Waals surface area contributed by atoms with Gasteiger partial charge < -0.3 is 0 Å². The van der Waals surface area contributed by atoms with Crippen LogP contribution in [0.25, 0.3) is 0 Å². The average Bonchev–Trinajstić information content (AvgIpc) is 2.25. The van der Waals surface area contributed by atoms with Crippen LogP contribution in [0.3, 0.4) is 0 Å². The molecular weight excluding hydrogens is 322 g/mol. The van der Waals surface area contributed by atoms with Crippen molar-refractivity contribution in [2.24, 2.45) is 0 Å². The molecule has 76 valence electrons. The van der Waals surface area contributed by atoms with Crippen LogP contribution in [0.4, 0.5) is 0 Å². The van der Waals surface area contributed by atoms with Gasteiger partial charge in [0.25, 0.3) is 0 Å². The molecule has 0 spiro atoms.